The molecule has 1 amide bonds. The van der Waals surface area contributed by atoms with Crippen LogP contribution in [0.2, 0.25) is 0 Å². The van der Waals surface area contributed by atoms with Crippen LogP contribution in [0.1, 0.15) is 48.0 Å². The first-order valence-electron chi connectivity index (χ1n) is 6.97. The van der Waals surface area contributed by atoms with Gasteiger partial charge in [-0.3, -0.25) is 4.79 Å². The third-order valence-corrected chi connectivity index (χ3v) is 5.49. The number of carbonyl (C=O) groups excluding carboxylic acids is 1. The van der Waals surface area contributed by atoms with Gasteiger partial charge in [0, 0.05) is 4.88 Å². The molecule has 21 heavy (non-hydrogen) atoms. The number of alkyl halides is 1. The number of rotatable bonds is 3. The molecule has 2 rings (SSSR count). The molecule has 2 N–H and O–H groups in total. The summed E-state index contributed by atoms with van der Waals surface area (Å²) in [7, 11) is 0. The average molecular weight is 330 g/mol. The minimum atomic E-state index is -0.980. The number of fused-ring (bicyclic) bond motifs is 1. The zero-order chi connectivity index (χ0) is 15.8. The van der Waals surface area contributed by atoms with Crippen molar-refractivity contribution in [2.45, 2.75) is 40.0 Å². The number of carboxylic acids is 1. The first kappa shape index (κ1) is 16.3. The largest absolute Gasteiger partial charge is 0.478 e. The van der Waals surface area contributed by atoms with Gasteiger partial charge in [0.15, 0.2) is 0 Å². The summed E-state index contributed by atoms with van der Waals surface area (Å²) in [5, 5.41) is 12.5. The van der Waals surface area contributed by atoms with Crippen LogP contribution in [0, 0.1) is 11.3 Å². The van der Waals surface area contributed by atoms with Gasteiger partial charge in [0.05, 0.1) is 5.56 Å². The highest BCUT2D eigenvalue weighted by molar-refractivity contribution is 7.17. The van der Waals surface area contributed by atoms with Crippen LogP contribution in [0.4, 0.5) is 5.00 Å². The van der Waals surface area contributed by atoms with Gasteiger partial charge < -0.3 is 10.4 Å². The predicted octanol–water partition coefficient (Wildman–Crippen LogP) is 3.77. The van der Waals surface area contributed by atoms with E-state index in [0.717, 1.165) is 29.7 Å². The van der Waals surface area contributed by atoms with E-state index in [2.05, 4.69) is 26.1 Å². The topological polar surface area (TPSA) is 66.4 Å². The van der Waals surface area contributed by atoms with Gasteiger partial charge in [0.25, 0.3) is 0 Å². The zero-order valence-electron chi connectivity index (χ0n) is 12.5. The monoisotopic (exact) mass is 329 g/mol. The van der Waals surface area contributed by atoms with Crippen molar-refractivity contribution in [2.24, 2.45) is 11.3 Å². The quantitative estimate of drug-likeness (QED) is 0.829. The highest BCUT2D eigenvalue weighted by Crippen LogP contribution is 2.44. The van der Waals surface area contributed by atoms with Crippen LogP contribution in [-0.4, -0.2) is 22.9 Å². The molecule has 4 nitrogen and oxygen atoms in total. The molecule has 116 valence electrons. The molecule has 1 atom stereocenters. The number of amides is 1. The van der Waals surface area contributed by atoms with E-state index in [1.807, 2.05) is 0 Å². The van der Waals surface area contributed by atoms with Crippen LogP contribution in [0.3, 0.4) is 0 Å². The lowest BCUT2D eigenvalue weighted by atomic mass is 9.72. The molecule has 0 fully saturated rings. The minimum Gasteiger partial charge on any atom is -0.478 e. The fourth-order valence-corrected chi connectivity index (χ4v) is 4.20. The maximum Gasteiger partial charge on any atom is 0.339 e. The third kappa shape index (κ3) is 3.40. The molecule has 1 unspecified atom stereocenters. The first-order valence-corrected chi connectivity index (χ1v) is 8.32. The van der Waals surface area contributed by atoms with Gasteiger partial charge in [0.1, 0.15) is 10.9 Å². The molecule has 0 aromatic carbocycles. The summed E-state index contributed by atoms with van der Waals surface area (Å²) >= 11 is 6.87. The minimum absolute atomic E-state index is 0.174. The van der Waals surface area contributed by atoms with Crippen molar-refractivity contribution >= 4 is 39.8 Å². The predicted molar refractivity (Wildman–Crippen MR) is 85.6 cm³/mol. The number of thiophene rings is 1. The molecule has 1 heterocycles. The Kier molecular flexibility index (Phi) is 4.63. The molecule has 1 aliphatic rings. The van der Waals surface area contributed by atoms with Crippen LogP contribution in [0.5, 0.6) is 0 Å². The van der Waals surface area contributed by atoms with E-state index in [4.69, 9.17) is 11.6 Å². The number of nitrogens with one attached hydrogen (secondary N) is 1. The number of hydrogen-bond acceptors (Lipinski definition) is 3. The van der Waals surface area contributed by atoms with Crippen LogP contribution in [0.15, 0.2) is 0 Å². The van der Waals surface area contributed by atoms with Gasteiger partial charge in [0.2, 0.25) is 5.91 Å². The Balaban J connectivity index is 2.37. The second kappa shape index (κ2) is 5.97. The molecule has 0 bridgehead atoms. The van der Waals surface area contributed by atoms with Gasteiger partial charge in [-0.05, 0) is 36.2 Å². The van der Waals surface area contributed by atoms with Crippen molar-refractivity contribution in [3.8, 4) is 0 Å². The maximum atomic E-state index is 11.5. The van der Waals surface area contributed by atoms with E-state index in [1.165, 1.54) is 11.3 Å². The Morgan fingerprint density at radius 3 is 2.62 bits per heavy atom. The van der Waals surface area contributed by atoms with Crippen molar-refractivity contribution in [3.63, 3.8) is 0 Å². The van der Waals surface area contributed by atoms with E-state index in [1.54, 1.807) is 0 Å². The number of anilines is 1. The lowest BCUT2D eigenvalue weighted by Crippen LogP contribution is -2.26. The summed E-state index contributed by atoms with van der Waals surface area (Å²) in [6, 6.07) is 0. The number of halogens is 1. The molecule has 0 saturated carbocycles. The Bertz CT molecular complexity index is 574. The van der Waals surface area contributed by atoms with Crippen molar-refractivity contribution in [2.75, 3.05) is 11.2 Å². The Morgan fingerprint density at radius 1 is 1.43 bits per heavy atom. The molecule has 0 saturated heterocycles. The average Bonchev–Trinajstić information content (AvgIpc) is 2.74. The standard InChI is InChI=1S/C15H20ClNO3S/c1-15(2,3)8-4-5-9-10(6-8)21-13(12(9)14(19)20)17-11(18)7-16/h8H,4-7H2,1-3H3,(H,17,18)(H,19,20). The summed E-state index contributed by atoms with van der Waals surface area (Å²) in [5.41, 5.74) is 1.34. The maximum absolute atomic E-state index is 11.5. The fraction of sp³-hybridized carbons (Fsp3) is 0.600. The molecule has 6 heteroatoms. The fourth-order valence-electron chi connectivity index (χ4n) is 2.80. The lowest BCUT2D eigenvalue weighted by molar-refractivity contribution is -0.113. The highest BCUT2D eigenvalue weighted by atomic mass is 35.5. The summed E-state index contributed by atoms with van der Waals surface area (Å²) in [6.07, 6.45) is 2.61. The van der Waals surface area contributed by atoms with Gasteiger partial charge in [-0.15, -0.1) is 22.9 Å². The second-order valence-corrected chi connectivity index (χ2v) is 7.87. The lowest BCUT2D eigenvalue weighted by Gasteiger charge is -2.33. The van der Waals surface area contributed by atoms with Gasteiger partial charge in [-0.1, -0.05) is 20.8 Å². The van der Waals surface area contributed by atoms with Crippen molar-refractivity contribution < 1.29 is 14.7 Å². The smallest absolute Gasteiger partial charge is 0.339 e. The Morgan fingerprint density at radius 2 is 2.10 bits per heavy atom. The SMILES string of the molecule is CC(C)(C)C1CCc2c(sc(NC(=O)CCl)c2C(=O)O)C1. The van der Waals surface area contributed by atoms with E-state index in [-0.39, 0.29) is 22.8 Å². The molecular weight excluding hydrogens is 310 g/mol. The van der Waals surface area contributed by atoms with E-state index >= 15 is 0 Å². The molecule has 0 radical (unpaired) electrons. The molecule has 1 aromatic rings. The number of carboxylic acid groups (broad SMARTS) is 1. The van der Waals surface area contributed by atoms with Gasteiger partial charge in [-0.25, -0.2) is 4.79 Å². The number of aromatic carboxylic acids is 1. The Hall–Kier alpha value is -1.07. The molecule has 0 spiro atoms. The van der Waals surface area contributed by atoms with E-state index < -0.39 is 5.97 Å². The summed E-state index contributed by atoms with van der Waals surface area (Å²) in [6.45, 7) is 6.64. The van der Waals surface area contributed by atoms with Crippen molar-refractivity contribution in [1.29, 1.82) is 0 Å². The second-order valence-electron chi connectivity index (χ2n) is 6.50. The van der Waals surface area contributed by atoms with Crippen LogP contribution >= 0.6 is 22.9 Å². The summed E-state index contributed by atoms with van der Waals surface area (Å²) < 4.78 is 0. The molecular formula is C15H20ClNO3S. The number of hydrogen-bond donors (Lipinski definition) is 2. The molecule has 1 aromatic heterocycles. The summed E-state index contributed by atoms with van der Waals surface area (Å²) in [5.74, 6) is -0.995. The summed E-state index contributed by atoms with van der Waals surface area (Å²) in [4.78, 5) is 24.1. The molecule has 1 aliphatic carbocycles. The third-order valence-electron chi connectivity index (χ3n) is 4.08. The normalized spacial score (nSPS) is 18.2. The van der Waals surface area contributed by atoms with Crippen molar-refractivity contribution in [3.05, 3.63) is 16.0 Å². The molecule has 0 aliphatic heterocycles. The van der Waals surface area contributed by atoms with Crippen LogP contribution < -0.4 is 5.32 Å². The van der Waals surface area contributed by atoms with E-state index in [0.29, 0.717) is 10.9 Å². The highest BCUT2D eigenvalue weighted by Gasteiger charge is 2.33. The van der Waals surface area contributed by atoms with Crippen molar-refractivity contribution in [1.82, 2.24) is 0 Å². The van der Waals surface area contributed by atoms with Crippen LogP contribution in [0.25, 0.3) is 0 Å². The van der Waals surface area contributed by atoms with E-state index in [9.17, 15) is 14.7 Å². The Labute approximate surface area is 133 Å². The van der Waals surface area contributed by atoms with Gasteiger partial charge >= 0.3 is 5.97 Å². The number of carbonyl (C=O) groups is 2. The van der Waals surface area contributed by atoms with Gasteiger partial charge in [-0.2, -0.15) is 0 Å². The van der Waals surface area contributed by atoms with Crippen LogP contribution in [-0.2, 0) is 17.6 Å². The first-order chi connectivity index (χ1) is 9.74. The zero-order valence-corrected chi connectivity index (χ0v) is 14.0.